The van der Waals surface area contributed by atoms with Crippen molar-refractivity contribution in [2.45, 2.75) is 58.9 Å². The Kier molecular flexibility index (Phi) is 7.08. The van der Waals surface area contributed by atoms with E-state index in [1.807, 2.05) is 0 Å². The van der Waals surface area contributed by atoms with Gasteiger partial charge in [0, 0.05) is 25.3 Å². The Balaban J connectivity index is 1.72. The molecule has 1 saturated heterocycles. The van der Waals surface area contributed by atoms with E-state index in [9.17, 15) is 0 Å². The third-order valence-electron chi connectivity index (χ3n) is 4.71. The average molecular weight is 288 g/mol. The van der Waals surface area contributed by atoms with Gasteiger partial charge in [-0.2, -0.15) is 0 Å². The summed E-state index contributed by atoms with van der Waals surface area (Å²) < 4.78 is 0. The van der Waals surface area contributed by atoms with Gasteiger partial charge in [-0.3, -0.25) is 0 Å². The first-order chi connectivity index (χ1) is 10.3. The van der Waals surface area contributed by atoms with Gasteiger partial charge in [0.2, 0.25) is 0 Å². The summed E-state index contributed by atoms with van der Waals surface area (Å²) in [6, 6.07) is 9.15. The monoisotopic (exact) mass is 288 g/mol. The Labute approximate surface area is 130 Å². The van der Waals surface area contributed by atoms with Crippen LogP contribution in [0, 0.1) is 5.92 Å². The van der Waals surface area contributed by atoms with E-state index in [0.717, 1.165) is 19.0 Å². The summed E-state index contributed by atoms with van der Waals surface area (Å²) in [5.41, 5.74) is 2.80. The van der Waals surface area contributed by atoms with Crippen molar-refractivity contribution in [2.24, 2.45) is 5.92 Å². The molecule has 0 amide bonds. The van der Waals surface area contributed by atoms with Gasteiger partial charge in [-0.05, 0) is 49.4 Å². The molecule has 1 aromatic rings. The smallest absolute Gasteiger partial charge is 0.0366 e. The molecule has 0 spiro atoms. The van der Waals surface area contributed by atoms with Crippen LogP contribution < -0.4 is 10.2 Å². The molecule has 1 unspecified atom stereocenters. The molecule has 0 saturated carbocycles. The predicted octanol–water partition coefficient (Wildman–Crippen LogP) is 4.59. The van der Waals surface area contributed by atoms with E-state index in [1.165, 1.54) is 62.9 Å². The van der Waals surface area contributed by atoms with E-state index in [-0.39, 0.29) is 0 Å². The molecule has 0 aromatic heterocycles. The van der Waals surface area contributed by atoms with Gasteiger partial charge in [-0.25, -0.2) is 0 Å². The normalized spacial score (nSPS) is 16.4. The summed E-state index contributed by atoms with van der Waals surface area (Å²) in [5.74, 6) is 0.842. The van der Waals surface area contributed by atoms with Crippen molar-refractivity contribution < 1.29 is 0 Å². The molecule has 1 fully saturated rings. The molecule has 1 aromatic carbocycles. The fourth-order valence-corrected chi connectivity index (χ4v) is 3.16. The maximum Gasteiger partial charge on any atom is 0.0366 e. The summed E-state index contributed by atoms with van der Waals surface area (Å²) in [6.07, 6.45) is 8.03. The molecular weight excluding hydrogens is 256 g/mol. The standard InChI is InChI=1S/C19H32N2/c1-3-5-8-17(4-2)15-20-16-18-9-11-19(12-10-18)21-13-6-7-14-21/h9-12,17,20H,3-8,13-16H2,1-2H3. The van der Waals surface area contributed by atoms with Crippen molar-refractivity contribution in [1.82, 2.24) is 5.32 Å². The zero-order chi connectivity index (χ0) is 14.9. The Bertz CT molecular complexity index is 379. The first-order valence-corrected chi connectivity index (χ1v) is 8.88. The lowest BCUT2D eigenvalue weighted by Gasteiger charge is -2.18. The van der Waals surface area contributed by atoms with Crippen LogP contribution >= 0.6 is 0 Å². The van der Waals surface area contributed by atoms with Crippen molar-refractivity contribution in [2.75, 3.05) is 24.5 Å². The molecule has 1 heterocycles. The number of nitrogens with one attached hydrogen (secondary N) is 1. The van der Waals surface area contributed by atoms with Gasteiger partial charge in [0.15, 0.2) is 0 Å². The van der Waals surface area contributed by atoms with Crippen LogP contribution in [0.25, 0.3) is 0 Å². The second-order valence-corrected chi connectivity index (χ2v) is 6.41. The molecule has 21 heavy (non-hydrogen) atoms. The van der Waals surface area contributed by atoms with Crippen LogP contribution in [0.2, 0.25) is 0 Å². The second kappa shape index (κ2) is 9.09. The number of unbranched alkanes of at least 4 members (excludes halogenated alkanes) is 1. The highest BCUT2D eigenvalue weighted by atomic mass is 15.1. The number of anilines is 1. The summed E-state index contributed by atoms with van der Waals surface area (Å²) in [5, 5.41) is 3.64. The highest BCUT2D eigenvalue weighted by molar-refractivity contribution is 5.48. The van der Waals surface area contributed by atoms with Crippen LogP contribution in [0.3, 0.4) is 0 Å². The maximum absolute atomic E-state index is 3.64. The van der Waals surface area contributed by atoms with E-state index in [1.54, 1.807) is 0 Å². The fraction of sp³-hybridized carbons (Fsp3) is 0.684. The van der Waals surface area contributed by atoms with E-state index in [0.29, 0.717) is 0 Å². The summed E-state index contributed by atoms with van der Waals surface area (Å²) in [4.78, 5) is 2.50. The third-order valence-corrected chi connectivity index (χ3v) is 4.71. The maximum atomic E-state index is 3.64. The van der Waals surface area contributed by atoms with Crippen LogP contribution in [-0.2, 0) is 6.54 Å². The lowest BCUT2D eigenvalue weighted by Crippen LogP contribution is -2.22. The number of nitrogens with zero attached hydrogens (tertiary/aromatic N) is 1. The van der Waals surface area contributed by atoms with Crippen molar-refractivity contribution in [3.63, 3.8) is 0 Å². The predicted molar refractivity (Wildman–Crippen MR) is 92.9 cm³/mol. The molecule has 118 valence electrons. The van der Waals surface area contributed by atoms with E-state index >= 15 is 0 Å². The number of hydrogen-bond acceptors (Lipinski definition) is 2. The summed E-state index contributed by atoms with van der Waals surface area (Å²) in [6.45, 7) is 9.21. The van der Waals surface area contributed by atoms with Gasteiger partial charge in [-0.1, -0.05) is 45.2 Å². The molecule has 2 nitrogen and oxygen atoms in total. The number of hydrogen-bond donors (Lipinski definition) is 1. The molecule has 0 radical (unpaired) electrons. The molecule has 1 aliphatic heterocycles. The minimum Gasteiger partial charge on any atom is -0.372 e. The van der Waals surface area contributed by atoms with Crippen LogP contribution in [0.5, 0.6) is 0 Å². The lowest BCUT2D eigenvalue weighted by atomic mass is 9.99. The van der Waals surface area contributed by atoms with Gasteiger partial charge in [-0.15, -0.1) is 0 Å². The van der Waals surface area contributed by atoms with E-state index in [4.69, 9.17) is 0 Å². The van der Waals surface area contributed by atoms with Crippen LogP contribution in [0.15, 0.2) is 24.3 Å². The van der Waals surface area contributed by atoms with Gasteiger partial charge in [0.1, 0.15) is 0 Å². The molecule has 1 atom stereocenters. The number of rotatable bonds is 9. The van der Waals surface area contributed by atoms with Crippen LogP contribution in [-0.4, -0.2) is 19.6 Å². The van der Waals surface area contributed by atoms with Crippen LogP contribution in [0.4, 0.5) is 5.69 Å². The van der Waals surface area contributed by atoms with Crippen molar-refractivity contribution in [1.29, 1.82) is 0 Å². The quantitative estimate of drug-likeness (QED) is 0.715. The molecule has 1 N–H and O–H groups in total. The first kappa shape index (κ1) is 16.4. The van der Waals surface area contributed by atoms with Crippen molar-refractivity contribution >= 4 is 5.69 Å². The SMILES string of the molecule is CCCCC(CC)CNCc1ccc(N2CCCC2)cc1. The minimum absolute atomic E-state index is 0.842. The molecule has 2 heteroatoms. The Morgan fingerprint density at radius 2 is 1.81 bits per heavy atom. The Morgan fingerprint density at radius 3 is 2.43 bits per heavy atom. The third kappa shape index (κ3) is 5.35. The molecule has 1 aliphatic rings. The molecule has 2 rings (SSSR count). The average Bonchev–Trinajstić information content (AvgIpc) is 3.05. The van der Waals surface area contributed by atoms with Crippen molar-refractivity contribution in [3.8, 4) is 0 Å². The van der Waals surface area contributed by atoms with E-state index < -0.39 is 0 Å². The molecular formula is C19H32N2. The van der Waals surface area contributed by atoms with E-state index in [2.05, 4.69) is 48.3 Å². The fourth-order valence-electron chi connectivity index (χ4n) is 3.16. The summed E-state index contributed by atoms with van der Waals surface area (Å²) >= 11 is 0. The molecule has 0 bridgehead atoms. The van der Waals surface area contributed by atoms with Gasteiger partial charge >= 0.3 is 0 Å². The highest BCUT2D eigenvalue weighted by Crippen LogP contribution is 2.20. The first-order valence-electron chi connectivity index (χ1n) is 8.88. The zero-order valence-electron chi connectivity index (χ0n) is 13.9. The Hall–Kier alpha value is -1.02. The minimum atomic E-state index is 0.842. The van der Waals surface area contributed by atoms with Crippen molar-refractivity contribution in [3.05, 3.63) is 29.8 Å². The van der Waals surface area contributed by atoms with Gasteiger partial charge < -0.3 is 10.2 Å². The zero-order valence-corrected chi connectivity index (χ0v) is 13.9. The number of benzene rings is 1. The van der Waals surface area contributed by atoms with Gasteiger partial charge in [0.25, 0.3) is 0 Å². The highest BCUT2D eigenvalue weighted by Gasteiger charge is 2.11. The van der Waals surface area contributed by atoms with Crippen LogP contribution in [0.1, 0.15) is 57.9 Å². The lowest BCUT2D eigenvalue weighted by molar-refractivity contribution is 0.419. The second-order valence-electron chi connectivity index (χ2n) is 6.41. The molecule has 0 aliphatic carbocycles. The summed E-state index contributed by atoms with van der Waals surface area (Å²) in [7, 11) is 0. The van der Waals surface area contributed by atoms with Gasteiger partial charge in [0.05, 0.1) is 0 Å². The largest absolute Gasteiger partial charge is 0.372 e. The Morgan fingerprint density at radius 1 is 1.10 bits per heavy atom. The topological polar surface area (TPSA) is 15.3 Å².